The first-order valence-corrected chi connectivity index (χ1v) is 11.4. The number of aliphatic carboxylic acids is 2. The van der Waals surface area contributed by atoms with Gasteiger partial charge in [0.15, 0.2) is 0 Å². The molecule has 0 bridgehead atoms. The number of nitrogens with zero attached hydrogens (tertiary/aromatic N) is 2. The number of likely N-dealkylation sites (tertiary alicyclic amines) is 1. The third-order valence-corrected chi connectivity index (χ3v) is 6.38. The lowest BCUT2D eigenvalue weighted by Crippen LogP contribution is -2.46. The molecule has 0 spiro atoms. The number of amides is 1. The van der Waals surface area contributed by atoms with Gasteiger partial charge in [-0.3, -0.25) is 4.79 Å². The number of hydrogen-bond donors (Lipinski definition) is 3. The topological polar surface area (TPSA) is 119 Å². The molecule has 176 valence electrons. The number of ether oxygens (including phenoxy) is 1. The first kappa shape index (κ1) is 24.0. The van der Waals surface area contributed by atoms with Crippen LogP contribution in [0.2, 0.25) is 0 Å². The molecule has 2 heterocycles. The number of carboxylic acid groups (broad SMARTS) is 2. The monoisotopic (exact) mass is 447 g/mol. The van der Waals surface area contributed by atoms with E-state index in [-0.39, 0.29) is 5.91 Å². The third kappa shape index (κ3) is 6.93. The SMILES string of the molecule is O=C(O)C(=O)O.O=C(c1ccc(OCCCN2CC3CCCC3C2)cc1)N1CCNCC1. The molecule has 2 atom stereocenters. The molecule has 1 amide bonds. The molecule has 3 N–H and O–H groups in total. The molecule has 3 aliphatic rings. The van der Waals surface area contributed by atoms with E-state index < -0.39 is 11.9 Å². The Morgan fingerprint density at radius 3 is 2.12 bits per heavy atom. The molecule has 0 radical (unpaired) electrons. The van der Waals surface area contributed by atoms with Crippen LogP contribution in [-0.4, -0.2) is 90.3 Å². The highest BCUT2D eigenvalue weighted by Gasteiger charge is 2.35. The molecule has 9 heteroatoms. The van der Waals surface area contributed by atoms with Crippen molar-refractivity contribution < 1.29 is 29.3 Å². The van der Waals surface area contributed by atoms with Crippen LogP contribution >= 0.6 is 0 Å². The first-order valence-electron chi connectivity index (χ1n) is 11.4. The fourth-order valence-corrected chi connectivity index (χ4v) is 4.74. The second kappa shape index (κ2) is 11.8. The maximum Gasteiger partial charge on any atom is 0.414 e. The summed E-state index contributed by atoms with van der Waals surface area (Å²) in [6, 6.07) is 7.63. The van der Waals surface area contributed by atoms with E-state index in [2.05, 4.69) is 10.2 Å². The standard InChI is InChI=1S/C21H31N3O2.C2H2O4/c25-21(24-12-9-22-10-13-24)17-5-7-20(8-6-17)26-14-2-11-23-15-18-3-1-4-19(18)16-23;3-1(4)2(5)6/h5-8,18-19,22H,1-4,9-16H2;(H,3,4)(H,5,6). The molecule has 2 unspecified atom stereocenters. The van der Waals surface area contributed by atoms with Crippen molar-refractivity contribution in [3.05, 3.63) is 29.8 Å². The minimum atomic E-state index is -1.82. The van der Waals surface area contributed by atoms with E-state index in [0.717, 1.165) is 68.9 Å². The largest absolute Gasteiger partial charge is 0.494 e. The highest BCUT2D eigenvalue weighted by Crippen LogP contribution is 2.37. The van der Waals surface area contributed by atoms with Crippen LogP contribution in [0, 0.1) is 11.8 Å². The molecular formula is C23H33N3O6. The lowest BCUT2D eigenvalue weighted by atomic mass is 10.0. The van der Waals surface area contributed by atoms with Gasteiger partial charge >= 0.3 is 11.9 Å². The molecule has 2 aliphatic heterocycles. The van der Waals surface area contributed by atoms with Gasteiger partial charge in [-0.05, 0) is 55.4 Å². The highest BCUT2D eigenvalue weighted by molar-refractivity contribution is 6.27. The lowest BCUT2D eigenvalue weighted by Gasteiger charge is -2.27. The summed E-state index contributed by atoms with van der Waals surface area (Å²) in [6.45, 7) is 7.83. The van der Waals surface area contributed by atoms with Crippen LogP contribution in [0.1, 0.15) is 36.0 Å². The second-order valence-electron chi connectivity index (χ2n) is 8.59. The van der Waals surface area contributed by atoms with E-state index in [0.29, 0.717) is 0 Å². The van der Waals surface area contributed by atoms with Crippen molar-refractivity contribution in [1.29, 1.82) is 0 Å². The summed E-state index contributed by atoms with van der Waals surface area (Å²) in [5, 5.41) is 18.1. The normalized spacial score (nSPS) is 22.6. The molecule has 1 aromatic carbocycles. The van der Waals surface area contributed by atoms with Gasteiger partial charge in [0.25, 0.3) is 5.91 Å². The van der Waals surface area contributed by atoms with Crippen LogP contribution in [0.15, 0.2) is 24.3 Å². The van der Waals surface area contributed by atoms with E-state index in [4.69, 9.17) is 24.5 Å². The summed E-state index contributed by atoms with van der Waals surface area (Å²) in [4.78, 5) is 35.2. The average Bonchev–Trinajstić information content (AvgIpc) is 3.40. The molecule has 1 aliphatic carbocycles. The molecule has 32 heavy (non-hydrogen) atoms. The van der Waals surface area contributed by atoms with Crippen LogP contribution in [0.4, 0.5) is 0 Å². The molecular weight excluding hydrogens is 414 g/mol. The van der Waals surface area contributed by atoms with Crippen molar-refractivity contribution in [1.82, 2.24) is 15.1 Å². The van der Waals surface area contributed by atoms with Crippen LogP contribution in [0.25, 0.3) is 0 Å². The van der Waals surface area contributed by atoms with E-state index in [9.17, 15) is 4.79 Å². The quantitative estimate of drug-likeness (QED) is 0.442. The van der Waals surface area contributed by atoms with E-state index in [1.54, 1.807) is 0 Å². The minimum Gasteiger partial charge on any atom is -0.494 e. The van der Waals surface area contributed by atoms with E-state index in [1.165, 1.54) is 32.4 Å². The Bertz CT molecular complexity index is 754. The number of piperazine rings is 1. The summed E-state index contributed by atoms with van der Waals surface area (Å²) in [6.07, 6.45) is 5.40. The lowest BCUT2D eigenvalue weighted by molar-refractivity contribution is -0.159. The summed E-state index contributed by atoms with van der Waals surface area (Å²) >= 11 is 0. The Morgan fingerprint density at radius 2 is 1.56 bits per heavy atom. The maximum atomic E-state index is 12.5. The van der Waals surface area contributed by atoms with Gasteiger partial charge in [-0.25, -0.2) is 9.59 Å². The van der Waals surface area contributed by atoms with Gasteiger partial charge in [-0.15, -0.1) is 0 Å². The van der Waals surface area contributed by atoms with Crippen molar-refractivity contribution in [2.45, 2.75) is 25.7 Å². The summed E-state index contributed by atoms with van der Waals surface area (Å²) in [5.41, 5.74) is 0.753. The number of carboxylic acids is 2. The fourth-order valence-electron chi connectivity index (χ4n) is 4.74. The smallest absolute Gasteiger partial charge is 0.414 e. The van der Waals surface area contributed by atoms with Crippen molar-refractivity contribution in [3.63, 3.8) is 0 Å². The minimum absolute atomic E-state index is 0.123. The Morgan fingerprint density at radius 1 is 0.969 bits per heavy atom. The number of nitrogens with one attached hydrogen (secondary N) is 1. The Hall–Kier alpha value is -2.65. The predicted octanol–water partition coefficient (Wildman–Crippen LogP) is 1.39. The fraction of sp³-hybridized carbons (Fsp3) is 0.609. The zero-order valence-electron chi connectivity index (χ0n) is 18.4. The summed E-state index contributed by atoms with van der Waals surface area (Å²) in [5.74, 6) is -0.726. The van der Waals surface area contributed by atoms with Gasteiger partial charge in [-0.2, -0.15) is 0 Å². The second-order valence-corrected chi connectivity index (χ2v) is 8.59. The zero-order valence-corrected chi connectivity index (χ0v) is 18.4. The van der Waals surface area contributed by atoms with Crippen molar-refractivity contribution >= 4 is 17.8 Å². The van der Waals surface area contributed by atoms with Crippen molar-refractivity contribution in [2.75, 3.05) is 52.4 Å². The van der Waals surface area contributed by atoms with Gasteiger partial charge in [0.1, 0.15) is 5.75 Å². The number of benzene rings is 1. The molecule has 1 saturated carbocycles. The van der Waals surface area contributed by atoms with Crippen LogP contribution in [0.5, 0.6) is 5.75 Å². The summed E-state index contributed by atoms with van der Waals surface area (Å²) in [7, 11) is 0. The molecule has 1 aromatic rings. The molecule has 2 saturated heterocycles. The van der Waals surface area contributed by atoms with Gasteiger partial charge < -0.3 is 30.1 Å². The molecule has 4 rings (SSSR count). The molecule has 9 nitrogen and oxygen atoms in total. The Labute approximate surface area is 188 Å². The van der Waals surface area contributed by atoms with Gasteiger partial charge in [-0.1, -0.05) is 6.42 Å². The van der Waals surface area contributed by atoms with Crippen molar-refractivity contribution in [2.24, 2.45) is 11.8 Å². The average molecular weight is 448 g/mol. The Balaban J connectivity index is 0.000000427. The number of carbonyl (C=O) groups excluding carboxylic acids is 1. The number of hydrogen-bond acceptors (Lipinski definition) is 6. The van der Waals surface area contributed by atoms with Crippen molar-refractivity contribution in [3.8, 4) is 5.75 Å². The Kier molecular flexibility index (Phi) is 8.87. The van der Waals surface area contributed by atoms with Crippen LogP contribution in [0.3, 0.4) is 0 Å². The van der Waals surface area contributed by atoms with Crippen LogP contribution in [-0.2, 0) is 9.59 Å². The van der Waals surface area contributed by atoms with Crippen LogP contribution < -0.4 is 10.1 Å². The third-order valence-electron chi connectivity index (χ3n) is 6.38. The summed E-state index contributed by atoms with van der Waals surface area (Å²) < 4.78 is 5.88. The number of rotatable bonds is 6. The predicted molar refractivity (Wildman–Crippen MR) is 118 cm³/mol. The highest BCUT2D eigenvalue weighted by atomic mass is 16.5. The molecule has 0 aromatic heterocycles. The van der Waals surface area contributed by atoms with Gasteiger partial charge in [0, 0.05) is 51.4 Å². The first-order chi connectivity index (χ1) is 15.4. The number of carbonyl (C=O) groups is 3. The van der Waals surface area contributed by atoms with Gasteiger partial charge in [0.05, 0.1) is 6.61 Å². The zero-order chi connectivity index (χ0) is 22.9. The molecule has 3 fully saturated rings. The van der Waals surface area contributed by atoms with Gasteiger partial charge in [0.2, 0.25) is 0 Å². The number of fused-ring (bicyclic) bond motifs is 1. The maximum absolute atomic E-state index is 12.5. The van der Waals surface area contributed by atoms with E-state index >= 15 is 0 Å². The van der Waals surface area contributed by atoms with E-state index in [1.807, 2.05) is 29.2 Å².